The van der Waals surface area contributed by atoms with Crippen molar-refractivity contribution in [3.05, 3.63) is 0 Å². The predicted octanol–water partition coefficient (Wildman–Crippen LogP) is 1.64. The van der Waals surface area contributed by atoms with Gasteiger partial charge in [0, 0.05) is 6.54 Å². The first kappa shape index (κ1) is 11.0. The molecule has 2 nitrogen and oxygen atoms in total. The fourth-order valence-electron chi connectivity index (χ4n) is 1.99. The Bertz CT molecular complexity index is 141. The minimum absolute atomic E-state index is 0.118. The van der Waals surface area contributed by atoms with E-state index in [0.29, 0.717) is 17.8 Å². The third-order valence-corrected chi connectivity index (χ3v) is 3.41. The van der Waals surface area contributed by atoms with Crippen molar-refractivity contribution in [3.63, 3.8) is 0 Å². The summed E-state index contributed by atoms with van der Waals surface area (Å²) < 4.78 is 0. The molecule has 3 unspecified atom stereocenters. The molecule has 0 aliphatic carbocycles. The summed E-state index contributed by atoms with van der Waals surface area (Å²) in [5.74, 6) is 1.48. The van der Waals surface area contributed by atoms with Crippen LogP contribution < -0.4 is 5.32 Å². The van der Waals surface area contributed by atoms with E-state index in [2.05, 4.69) is 26.1 Å². The fraction of sp³-hybridized carbons (Fsp3) is 1.00. The van der Waals surface area contributed by atoms with E-state index in [4.69, 9.17) is 0 Å². The van der Waals surface area contributed by atoms with Gasteiger partial charge in [-0.3, -0.25) is 0 Å². The Morgan fingerprint density at radius 3 is 2.46 bits per heavy atom. The minimum Gasteiger partial charge on any atom is -0.393 e. The van der Waals surface area contributed by atoms with Crippen molar-refractivity contribution < 1.29 is 5.11 Å². The normalized spacial score (nSPS) is 28.8. The van der Waals surface area contributed by atoms with Crippen LogP contribution in [0, 0.1) is 17.8 Å². The fourth-order valence-corrected chi connectivity index (χ4v) is 1.99. The molecule has 0 aromatic heterocycles. The highest BCUT2D eigenvalue weighted by Crippen LogP contribution is 2.24. The van der Waals surface area contributed by atoms with Gasteiger partial charge in [-0.25, -0.2) is 0 Å². The predicted molar refractivity (Wildman–Crippen MR) is 55.6 cm³/mol. The summed E-state index contributed by atoms with van der Waals surface area (Å²) >= 11 is 0. The Morgan fingerprint density at radius 2 is 2.00 bits per heavy atom. The first-order valence-electron chi connectivity index (χ1n) is 5.51. The van der Waals surface area contributed by atoms with E-state index in [1.807, 2.05) is 0 Å². The Hall–Kier alpha value is -0.0800. The maximum atomic E-state index is 10.1. The number of hydrogen-bond donors (Lipinski definition) is 2. The molecule has 1 fully saturated rings. The van der Waals surface area contributed by atoms with E-state index in [1.165, 1.54) is 12.8 Å². The van der Waals surface area contributed by atoms with Gasteiger partial charge in [0.1, 0.15) is 0 Å². The Balaban J connectivity index is 2.40. The number of aliphatic hydroxyl groups excluding tert-OH is 1. The van der Waals surface area contributed by atoms with Crippen molar-refractivity contribution in [1.29, 1.82) is 0 Å². The average Bonchev–Trinajstić information content (AvgIpc) is 2.17. The molecule has 13 heavy (non-hydrogen) atoms. The molecule has 78 valence electrons. The summed E-state index contributed by atoms with van der Waals surface area (Å²) in [5, 5.41) is 13.4. The van der Waals surface area contributed by atoms with Crippen LogP contribution in [0.5, 0.6) is 0 Å². The molecule has 2 N–H and O–H groups in total. The summed E-state index contributed by atoms with van der Waals surface area (Å²) in [5.41, 5.74) is 0. The molecule has 2 heteroatoms. The van der Waals surface area contributed by atoms with Gasteiger partial charge >= 0.3 is 0 Å². The van der Waals surface area contributed by atoms with Crippen LogP contribution >= 0.6 is 0 Å². The second-order valence-electron chi connectivity index (χ2n) is 4.70. The Kier molecular flexibility index (Phi) is 4.20. The van der Waals surface area contributed by atoms with Gasteiger partial charge in [-0.05, 0) is 37.1 Å². The molecular formula is C11H23NO. The maximum Gasteiger partial charge on any atom is 0.0608 e. The smallest absolute Gasteiger partial charge is 0.0608 e. The van der Waals surface area contributed by atoms with Crippen molar-refractivity contribution in [3.8, 4) is 0 Å². The van der Waals surface area contributed by atoms with Gasteiger partial charge in [-0.1, -0.05) is 20.8 Å². The molecule has 1 saturated heterocycles. The maximum absolute atomic E-state index is 10.1. The summed E-state index contributed by atoms with van der Waals surface area (Å²) in [6, 6.07) is 0. The minimum atomic E-state index is -0.118. The molecule has 3 atom stereocenters. The number of hydrogen-bond acceptors (Lipinski definition) is 2. The number of nitrogens with one attached hydrogen (secondary N) is 1. The van der Waals surface area contributed by atoms with E-state index in [0.717, 1.165) is 13.1 Å². The molecule has 0 amide bonds. The Labute approximate surface area is 81.7 Å². The molecule has 0 saturated carbocycles. The lowest BCUT2D eigenvalue weighted by Crippen LogP contribution is -2.40. The van der Waals surface area contributed by atoms with Gasteiger partial charge in [0.15, 0.2) is 0 Å². The summed E-state index contributed by atoms with van der Waals surface area (Å²) in [6.45, 7) is 8.65. The first-order chi connectivity index (χ1) is 6.13. The quantitative estimate of drug-likeness (QED) is 0.700. The average molecular weight is 185 g/mol. The van der Waals surface area contributed by atoms with Crippen molar-refractivity contribution in [2.75, 3.05) is 13.1 Å². The van der Waals surface area contributed by atoms with E-state index < -0.39 is 0 Å². The zero-order chi connectivity index (χ0) is 9.84. The number of aliphatic hydroxyl groups is 1. The lowest BCUT2D eigenvalue weighted by molar-refractivity contribution is 0.0282. The highest BCUT2D eigenvalue weighted by Gasteiger charge is 2.27. The summed E-state index contributed by atoms with van der Waals surface area (Å²) in [4.78, 5) is 0. The topological polar surface area (TPSA) is 32.3 Å². The van der Waals surface area contributed by atoms with Crippen LogP contribution in [-0.4, -0.2) is 24.3 Å². The zero-order valence-corrected chi connectivity index (χ0v) is 9.09. The van der Waals surface area contributed by atoms with E-state index in [9.17, 15) is 5.11 Å². The van der Waals surface area contributed by atoms with Crippen molar-refractivity contribution in [2.45, 2.75) is 39.7 Å². The molecule has 1 aliphatic rings. The van der Waals surface area contributed by atoms with Crippen LogP contribution in [0.4, 0.5) is 0 Å². The largest absolute Gasteiger partial charge is 0.393 e. The molecule has 1 aliphatic heterocycles. The Morgan fingerprint density at radius 1 is 1.31 bits per heavy atom. The van der Waals surface area contributed by atoms with Gasteiger partial charge < -0.3 is 10.4 Å². The van der Waals surface area contributed by atoms with Crippen LogP contribution in [0.25, 0.3) is 0 Å². The molecule has 1 rings (SSSR count). The van der Waals surface area contributed by atoms with E-state index >= 15 is 0 Å². The molecule has 1 heterocycles. The first-order valence-corrected chi connectivity index (χ1v) is 5.51. The highest BCUT2D eigenvalue weighted by atomic mass is 16.3. The van der Waals surface area contributed by atoms with Gasteiger partial charge in [-0.15, -0.1) is 0 Å². The molecular weight excluding hydrogens is 162 g/mol. The second-order valence-corrected chi connectivity index (χ2v) is 4.70. The lowest BCUT2D eigenvalue weighted by atomic mass is 9.82. The van der Waals surface area contributed by atoms with Gasteiger partial charge in [0.2, 0.25) is 0 Å². The van der Waals surface area contributed by atoms with Gasteiger partial charge in [0.25, 0.3) is 0 Å². The second kappa shape index (κ2) is 4.97. The van der Waals surface area contributed by atoms with Crippen molar-refractivity contribution in [1.82, 2.24) is 5.32 Å². The van der Waals surface area contributed by atoms with Crippen LogP contribution in [0.15, 0.2) is 0 Å². The summed E-state index contributed by atoms with van der Waals surface area (Å²) in [7, 11) is 0. The molecule has 0 bridgehead atoms. The van der Waals surface area contributed by atoms with Gasteiger partial charge in [0.05, 0.1) is 6.10 Å². The van der Waals surface area contributed by atoms with Crippen molar-refractivity contribution >= 4 is 0 Å². The van der Waals surface area contributed by atoms with E-state index in [1.54, 1.807) is 0 Å². The monoisotopic (exact) mass is 185 g/mol. The van der Waals surface area contributed by atoms with Crippen molar-refractivity contribution in [2.24, 2.45) is 17.8 Å². The third-order valence-electron chi connectivity index (χ3n) is 3.41. The summed E-state index contributed by atoms with van der Waals surface area (Å²) in [6.07, 6.45) is 2.28. The van der Waals surface area contributed by atoms with Crippen LogP contribution in [0.2, 0.25) is 0 Å². The zero-order valence-electron chi connectivity index (χ0n) is 9.09. The lowest BCUT2D eigenvalue weighted by Gasteiger charge is -2.32. The highest BCUT2D eigenvalue weighted by molar-refractivity contribution is 4.80. The molecule has 0 aromatic carbocycles. The van der Waals surface area contributed by atoms with Gasteiger partial charge in [-0.2, -0.15) is 0 Å². The third kappa shape index (κ3) is 2.96. The molecule has 0 aromatic rings. The van der Waals surface area contributed by atoms with Crippen LogP contribution in [0.3, 0.4) is 0 Å². The number of rotatable bonds is 3. The molecule has 0 spiro atoms. The standard InChI is InChI=1S/C11H23NO/c1-8(2)9(3)11(13)10-5-4-6-12-7-10/h8-13H,4-7H2,1-3H3. The number of piperidine rings is 1. The van der Waals surface area contributed by atoms with E-state index in [-0.39, 0.29) is 6.10 Å². The van der Waals surface area contributed by atoms with Crippen LogP contribution in [-0.2, 0) is 0 Å². The molecule has 0 radical (unpaired) electrons. The van der Waals surface area contributed by atoms with Crippen LogP contribution in [0.1, 0.15) is 33.6 Å². The SMILES string of the molecule is CC(C)C(C)C(O)C1CCCNC1.